The van der Waals surface area contributed by atoms with E-state index in [1.807, 2.05) is 4.57 Å². The Labute approximate surface area is 145 Å². The van der Waals surface area contributed by atoms with Crippen LogP contribution in [0.4, 0.5) is 4.39 Å². The molecule has 0 radical (unpaired) electrons. The molecule has 1 saturated heterocycles. The largest absolute Gasteiger partial charge is 0.393 e. The first kappa shape index (κ1) is 17.0. The second-order valence-corrected chi connectivity index (χ2v) is 6.37. The molecule has 1 aromatic carbocycles. The quantitative estimate of drug-likeness (QED) is 0.667. The predicted molar refractivity (Wildman–Crippen MR) is 93.5 cm³/mol. The number of aliphatic hydroxyl groups excluding tert-OH is 1. The highest BCUT2D eigenvalue weighted by Crippen LogP contribution is 2.20. The summed E-state index contributed by atoms with van der Waals surface area (Å²) >= 11 is 5.56. The topological polar surface area (TPSA) is 46.2 Å². The van der Waals surface area contributed by atoms with Crippen molar-refractivity contribution in [2.24, 2.45) is 0 Å². The minimum atomic E-state index is -0.279. The highest BCUT2D eigenvalue weighted by Gasteiger charge is 2.19. The van der Waals surface area contributed by atoms with Crippen LogP contribution in [0.1, 0.15) is 12.8 Å². The lowest BCUT2D eigenvalue weighted by atomic mass is 10.1. The van der Waals surface area contributed by atoms with Crippen LogP contribution in [0.25, 0.3) is 11.4 Å². The Kier molecular flexibility index (Phi) is 5.23. The molecule has 2 aromatic rings. The number of hydrogen-bond acceptors (Lipinski definition) is 4. The van der Waals surface area contributed by atoms with E-state index in [1.54, 1.807) is 22.9 Å². The fourth-order valence-electron chi connectivity index (χ4n) is 2.89. The van der Waals surface area contributed by atoms with Crippen LogP contribution in [0, 0.1) is 10.6 Å². The van der Waals surface area contributed by atoms with Crippen molar-refractivity contribution < 1.29 is 9.50 Å². The summed E-state index contributed by atoms with van der Waals surface area (Å²) in [5.74, 6) is 0.427. The Morgan fingerprint density at radius 2 is 1.96 bits per heavy atom. The molecule has 7 heteroatoms. The van der Waals surface area contributed by atoms with Crippen molar-refractivity contribution in [3.8, 4) is 11.4 Å². The standard InChI is InChI=1S/C17H21FN4OS/c1-2-9-21-16(13-3-5-14(18)6-4-13)19-22(17(21)24)12-20-10-7-15(23)8-11-20/h2-6,15,23H,1,7-12H2. The molecule has 2 heterocycles. The molecule has 1 aliphatic rings. The van der Waals surface area contributed by atoms with Gasteiger partial charge in [-0.15, -0.1) is 6.58 Å². The van der Waals surface area contributed by atoms with Gasteiger partial charge in [0.25, 0.3) is 0 Å². The smallest absolute Gasteiger partial charge is 0.199 e. The second kappa shape index (κ2) is 7.38. The maximum atomic E-state index is 13.2. The van der Waals surface area contributed by atoms with E-state index in [0.29, 0.717) is 23.8 Å². The second-order valence-electron chi connectivity index (χ2n) is 6.00. The van der Waals surface area contributed by atoms with Crippen molar-refractivity contribution in [2.45, 2.75) is 32.2 Å². The first-order valence-corrected chi connectivity index (χ1v) is 8.44. The zero-order valence-electron chi connectivity index (χ0n) is 13.4. The Bertz CT molecular complexity index is 760. The molecule has 0 saturated carbocycles. The van der Waals surface area contributed by atoms with Crippen molar-refractivity contribution in [3.05, 3.63) is 47.5 Å². The highest BCUT2D eigenvalue weighted by atomic mass is 32.1. The number of likely N-dealkylation sites (tertiary alicyclic amines) is 1. The summed E-state index contributed by atoms with van der Waals surface area (Å²) in [5.41, 5.74) is 0.817. The summed E-state index contributed by atoms with van der Waals surface area (Å²) in [6.07, 6.45) is 3.10. The molecule has 1 aromatic heterocycles. The van der Waals surface area contributed by atoms with Gasteiger partial charge in [-0.2, -0.15) is 5.10 Å². The fraction of sp³-hybridized carbons (Fsp3) is 0.412. The number of hydrogen-bond donors (Lipinski definition) is 1. The summed E-state index contributed by atoms with van der Waals surface area (Å²) in [6, 6.07) is 6.24. The van der Waals surface area contributed by atoms with Crippen LogP contribution in [-0.2, 0) is 13.2 Å². The van der Waals surface area contributed by atoms with Gasteiger partial charge in [0.15, 0.2) is 10.6 Å². The fourth-order valence-corrected chi connectivity index (χ4v) is 3.15. The number of aliphatic hydroxyl groups is 1. The molecule has 24 heavy (non-hydrogen) atoms. The van der Waals surface area contributed by atoms with Crippen molar-refractivity contribution in [1.29, 1.82) is 0 Å². The van der Waals surface area contributed by atoms with Gasteiger partial charge in [0.2, 0.25) is 0 Å². The number of piperidine rings is 1. The van der Waals surface area contributed by atoms with E-state index in [1.165, 1.54) is 12.1 Å². The Hall–Kier alpha value is -1.83. The van der Waals surface area contributed by atoms with Gasteiger partial charge < -0.3 is 5.11 Å². The van der Waals surface area contributed by atoms with Crippen LogP contribution in [0.2, 0.25) is 0 Å². The van der Waals surface area contributed by atoms with Crippen LogP contribution in [-0.4, -0.2) is 43.5 Å². The van der Waals surface area contributed by atoms with Crippen LogP contribution in [0.3, 0.4) is 0 Å². The minimum absolute atomic E-state index is 0.206. The van der Waals surface area contributed by atoms with Gasteiger partial charge >= 0.3 is 0 Å². The molecule has 0 amide bonds. The number of halogens is 1. The van der Waals surface area contributed by atoms with Gasteiger partial charge in [0.1, 0.15) is 5.82 Å². The van der Waals surface area contributed by atoms with Crippen molar-refractivity contribution in [1.82, 2.24) is 19.2 Å². The van der Waals surface area contributed by atoms with E-state index in [0.717, 1.165) is 31.5 Å². The number of rotatable bonds is 5. The van der Waals surface area contributed by atoms with Crippen LogP contribution >= 0.6 is 12.2 Å². The molecule has 128 valence electrons. The van der Waals surface area contributed by atoms with Crippen LogP contribution in [0.15, 0.2) is 36.9 Å². The van der Waals surface area contributed by atoms with Crippen molar-refractivity contribution >= 4 is 12.2 Å². The SMILES string of the molecule is C=CCn1c(-c2ccc(F)cc2)nn(CN2CCC(O)CC2)c1=S. The summed E-state index contributed by atoms with van der Waals surface area (Å²) in [7, 11) is 0. The number of allylic oxidation sites excluding steroid dienone is 1. The van der Waals surface area contributed by atoms with Crippen LogP contribution < -0.4 is 0 Å². The third kappa shape index (κ3) is 3.63. The van der Waals surface area contributed by atoms with Gasteiger partial charge in [-0.3, -0.25) is 9.47 Å². The monoisotopic (exact) mass is 348 g/mol. The first-order chi connectivity index (χ1) is 11.6. The zero-order chi connectivity index (χ0) is 17.1. The van der Waals surface area contributed by atoms with Gasteiger partial charge in [0.05, 0.1) is 12.8 Å². The molecule has 1 aliphatic heterocycles. The Balaban J connectivity index is 1.90. The average Bonchev–Trinajstić information content (AvgIpc) is 2.88. The molecule has 0 spiro atoms. The maximum absolute atomic E-state index is 13.2. The summed E-state index contributed by atoms with van der Waals surface area (Å²) < 4.78 is 17.5. The number of benzene rings is 1. The lowest BCUT2D eigenvalue weighted by Gasteiger charge is -2.28. The molecule has 0 unspecified atom stereocenters. The van der Waals surface area contributed by atoms with Gasteiger partial charge in [-0.25, -0.2) is 9.07 Å². The van der Waals surface area contributed by atoms with E-state index in [-0.39, 0.29) is 11.9 Å². The number of aromatic nitrogens is 3. The molecule has 1 fully saturated rings. The van der Waals surface area contributed by atoms with E-state index in [9.17, 15) is 9.50 Å². The minimum Gasteiger partial charge on any atom is -0.393 e. The maximum Gasteiger partial charge on any atom is 0.199 e. The van der Waals surface area contributed by atoms with Crippen LogP contribution in [0.5, 0.6) is 0 Å². The average molecular weight is 348 g/mol. The number of nitrogens with zero attached hydrogens (tertiary/aromatic N) is 4. The van der Waals surface area contributed by atoms with E-state index < -0.39 is 0 Å². The molecule has 5 nitrogen and oxygen atoms in total. The third-order valence-corrected chi connectivity index (χ3v) is 4.66. The summed E-state index contributed by atoms with van der Waals surface area (Å²) in [4.78, 5) is 2.22. The Morgan fingerprint density at radius 1 is 1.29 bits per heavy atom. The molecule has 0 aliphatic carbocycles. The Morgan fingerprint density at radius 3 is 2.58 bits per heavy atom. The van der Waals surface area contributed by atoms with Gasteiger partial charge in [-0.05, 0) is 49.3 Å². The summed E-state index contributed by atoms with van der Waals surface area (Å²) in [6.45, 7) is 6.56. The summed E-state index contributed by atoms with van der Waals surface area (Å²) in [5, 5.41) is 14.3. The van der Waals surface area contributed by atoms with E-state index >= 15 is 0 Å². The molecule has 3 rings (SSSR count). The molecule has 1 N–H and O–H groups in total. The van der Waals surface area contributed by atoms with Crippen molar-refractivity contribution in [3.63, 3.8) is 0 Å². The molecule has 0 atom stereocenters. The normalized spacial score (nSPS) is 16.4. The lowest BCUT2D eigenvalue weighted by molar-refractivity contribution is 0.0650. The highest BCUT2D eigenvalue weighted by molar-refractivity contribution is 7.71. The lowest BCUT2D eigenvalue weighted by Crippen LogP contribution is -2.37. The van der Waals surface area contributed by atoms with E-state index in [2.05, 4.69) is 16.6 Å². The molecular weight excluding hydrogens is 327 g/mol. The predicted octanol–water partition coefficient (Wildman–Crippen LogP) is 2.82. The van der Waals surface area contributed by atoms with Crippen molar-refractivity contribution in [2.75, 3.05) is 13.1 Å². The molecule has 0 bridgehead atoms. The van der Waals surface area contributed by atoms with Gasteiger partial charge in [0, 0.05) is 25.2 Å². The third-order valence-electron chi connectivity index (χ3n) is 4.23. The molecular formula is C17H21FN4OS. The first-order valence-electron chi connectivity index (χ1n) is 8.03. The van der Waals surface area contributed by atoms with E-state index in [4.69, 9.17) is 12.2 Å². The van der Waals surface area contributed by atoms with Gasteiger partial charge in [-0.1, -0.05) is 6.08 Å². The zero-order valence-corrected chi connectivity index (χ0v) is 14.3.